The van der Waals surface area contributed by atoms with Crippen LogP contribution >= 0.6 is 0 Å². The van der Waals surface area contributed by atoms with Gasteiger partial charge in [0.25, 0.3) is 0 Å². The minimum absolute atomic E-state index is 0.00241. The number of piperidine rings is 1. The average molecular weight is 256 g/mol. The molecule has 2 amide bonds. The molecule has 5 nitrogen and oxygen atoms in total. The molecule has 1 aliphatic heterocycles. The number of nitrogens with one attached hydrogen (secondary N) is 1. The van der Waals surface area contributed by atoms with E-state index >= 15 is 0 Å². The predicted octanol–water partition coefficient (Wildman–Crippen LogP) is 1.77. The van der Waals surface area contributed by atoms with Gasteiger partial charge in [0.15, 0.2) is 0 Å². The van der Waals surface area contributed by atoms with Crippen LogP contribution in [-0.2, 0) is 9.53 Å². The van der Waals surface area contributed by atoms with Gasteiger partial charge in [-0.05, 0) is 32.1 Å². The molecule has 1 heterocycles. The van der Waals surface area contributed by atoms with Crippen LogP contribution in [0, 0.1) is 5.92 Å². The van der Waals surface area contributed by atoms with Crippen LogP contribution in [0.15, 0.2) is 0 Å². The highest BCUT2D eigenvalue weighted by atomic mass is 16.5. The Morgan fingerprint density at radius 1 is 1.33 bits per heavy atom. The summed E-state index contributed by atoms with van der Waals surface area (Å²) >= 11 is 0. The van der Waals surface area contributed by atoms with Gasteiger partial charge >= 0.3 is 6.09 Å². The first-order valence-corrected chi connectivity index (χ1v) is 6.62. The van der Waals surface area contributed by atoms with E-state index in [4.69, 9.17) is 0 Å². The van der Waals surface area contributed by atoms with Crippen molar-refractivity contribution in [3.05, 3.63) is 0 Å². The van der Waals surface area contributed by atoms with E-state index in [1.165, 1.54) is 13.5 Å². The van der Waals surface area contributed by atoms with Crippen LogP contribution < -0.4 is 5.32 Å². The molecule has 104 valence electrons. The van der Waals surface area contributed by atoms with E-state index < -0.39 is 12.1 Å². The number of alkyl carbamates (subject to hydrolysis) is 1. The highest BCUT2D eigenvalue weighted by Crippen LogP contribution is 2.19. The molecule has 5 heteroatoms. The van der Waals surface area contributed by atoms with Crippen LogP contribution in [0.3, 0.4) is 0 Å². The Morgan fingerprint density at radius 2 is 2.00 bits per heavy atom. The van der Waals surface area contributed by atoms with Gasteiger partial charge in [0.05, 0.1) is 7.11 Å². The molecule has 1 aliphatic rings. The van der Waals surface area contributed by atoms with E-state index in [2.05, 4.69) is 17.0 Å². The highest BCUT2D eigenvalue weighted by Gasteiger charge is 2.32. The summed E-state index contributed by atoms with van der Waals surface area (Å²) in [6.07, 6.45) is 2.70. The van der Waals surface area contributed by atoms with Crippen molar-refractivity contribution in [2.24, 2.45) is 5.92 Å². The van der Waals surface area contributed by atoms with Gasteiger partial charge in [0.2, 0.25) is 5.91 Å². The fourth-order valence-electron chi connectivity index (χ4n) is 2.30. The Kier molecular flexibility index (Phi) is 5.44. The van der Waals surface area contributed by atoms with Crippen molar-refractivity contribution in [1.29, 1.82) is 0 Å². The monoisotopic (exact) mass is 256 g/mol. The SMILES string of the molecule is COC(=O)N[C@H](C(=O)N1CCCC[C@H]1C)C(C)C. The number of hydrogen-bond acceptors (Lipinski definition) is 3. The molecule has 0 aromatic carbocycles. The Bertz CT molecular complexity index is 305. The van der Waals surface area contributed by atoms with Crippen LogP contribution in [-0.4, -0.2) is 42.6 Å². The minimum atomic E-state index is -0.549. The summed E-state index contributed by atoms with van der Waals surface area (Å²) in [4.78, 5) is 25.6. The van der Waals surface area contributed by atoms with Gasteiger partial charge in [-0.15, -0.1) is 0 Å². The number of carbonyl (C=O) groups excluding carboxylic acids is 2. The summed E-state index contributed by atoms with van der Waals surface area (Å²) in [5, 5.41) is 2.63. The van der Waals surface area contributed by atoms with Crippen LogP contribution in [0.4, 0.5) is 4.79 Å². The van der Waals surface area contributed by atoms with Crippen molar-refractivity contribution in [3.8, 4) is 0 Å². The third kappa shape index (κ3) is 3.62. The summed E-state index contributed by atoms with van der Waals surface area (Å²) in [6, 6.07) is -0.245. The zero-order valence-corrected chi connectivity index (χ0v) is 11.7. The molecule has 0 aromatic heterocycles. The van der Waals surface area contributed by atoms with E-state index in [0.29, 0.717) is 0 Å². The second-order valence-electron chi connectivity index (χ2n) is 5.23. The van der Waals surface area contributed by atoms with E-state index in [1.807, 2.05) is 18.7 Å². The normalized spacial score (nSPS) is 21.6. The Labute approximate surface area is 109 Å². The zero-order valence-electron chi connectivity index (χ0n) is 11.7. The molecule has 1 N–H and O–H groups in total. The molecule has 0 aromatic rings. The Balaban J connectivity index is 2.72. The van der Waals surface area contributed by atoms with E-state index in [9.17, 15) is 9.59 Å². The van der Waals surface area contributed by atoms with Crippen LogP contribution in [0.1, 0.15) is 40.0 Å². The van der Waals surface area contributed by atoms with Gasteiger partial charge in [0.1, 0.15) is 6.04 Å². The standard InChI is InChI=1S/C13H24N2O3/c1-9(2)11(14-13(17)18-4)12(16)15-8-6-5-7-10(15)3/h9-11H,5-8H2,1-4H3,(H,14,17)/t10-,11+/m1/s1. The summed E-state index contributed by atoms with van der Waals surface area (Å²) in [6.45, 7) is 6.69. The third-order valence-corrected chi connectivity index (χ3v) is 3.48. The summed E-state index contributed by atoms with van der Waals surface area (Å²) < 4.78 is 4.57. The largest absolute Gasteiger partial charge is 0.453 e. The number of nitrogens with zero attached hydrogens (tertiary/aromatic N) is 1. The van der Waals surface area contributed by atoms with Gasteiger partial charge in [0, 0.05) is 12.6 Å². The van der Waals surface area contributed by atoms with Gasteiger partial charge in [-0.3, -0.25) is 4.79 Å². The van der Waals surface area contributed by atoms with Crippen LogP contribution in [0.25, 0.3) is 0 Å². The fraction of sp³-hybridized carbons (Fsp3) is 0.846. The lowest BCUT2D eigenvalue weighted by Gasteiger charge is -2.36. The quantitative estimate of drug-likeness (QED) is 0.837. The molecule has 0 saturated carbocycles. The molecular formula is C13H24N2O3. The number of amides is 2. The maximum Gasteiger partial charge on any atom is 0.407 e. The maximum atomic E-state index is 12.5. The zero-order chi connectivity index (χ0) is 13.7. The lowest BCUT2D eigenvalue weighted by Crippen LogP contribution is -2.54. The first-order valence-electron chi connectivity index (χ1n) is 6.62. The molecule has 18 heavy (non-hydrogen) atoms. The van der Waals surface area contributed by atoms with E-state index in [-0.39, 0.29) is 17.9 Å². The molecule has 0 radical (unpaired) electrons. The first kappa shape index (κ1) is 14.8. The molecular weight excluding hydrogens is 232 g/mol. The number of carbonyl (C=O) groups is 2. The molecule has 1 fully saturated rings. The molecule has 1 rings (SSSR count). The molecule has 2 atom stereocenters. The summed E-state index contributed by atoms with van der Waals surface area (Å²) in [5.41, 5.74) is 0. The minimum Gasteiger partial charge on any atom is -0.453 e. The predicted molar refractivity (Wildman–Crippen MR) is 69.2 cm³/mol. The molecule has 0 spiro atoms. The van der Waals surface area contributed by atoms with Gasteiger partial charge < -0.3 is 15.0 Å². The summed E-state index contributed by atoms with van der Waals surface area (Å²) in [5.74, 6) is 0.0494. The smallest absolute Gasteiger partial charge is 0.407 e. The number of rotatable bonds is 3. The van der Waals surface area contributed by atoms with E-state index in [0.717, 1.165) is 19.4 Å². The second-order valence-corrected chi connectivity index (χ2v) is 5.23. The van der Waals surface area contributed by atoms with Crippen LogP contribution in [0.2, 0.25) is 0 Å². The van der Waals surface area contributed by atoms with Crippen molar-refractivity contribution < 1.29 is 14.3 Å². The molecule has 0 unspecified atom stereocenters. The Morgan fingerprint density at radius 3 is 2.50 bits per heavy atom. The molecule has 0 aliphatic carbocycles. The first-order chi connectivity index (χ1) is 8.47. The molecule has 1 saturated heterocycles. The van der Waals surface area contributed by atoms with Crippen LogP contribution in [0.5, 0.6) is 0 Å². The van der Waals surface area contributed by atoms with E-state index in [1.54, 1.807) is 0 Å². The lowest BCUT2D eigenvalue weighted by atomic mass is 9.98. The third-order valence-electron chi connectivity index (χ3n) is 3.48. The number of ether oxygens (including phenoxy) is 1. The summed E-state index contributed by atoms with van der Waals surface area (Å²) in [7, 11) is 1.31. The van der Waals surface area contributed by atoms with Crippen molar-refractivity contribution in [2.75, 3.05) is 13.7 Å². The van der Waals surface area contributed by atoms with Gasteiger partial charge in [-0.25, -0.2) is 4.79 Å². The highest BCUT2D eigenvalue weighted by molar-refractivity contribution is 5.86. The van der Waals surface area contributed by atoms with Gasteiger partial charge in [-0.2, -0.15) is 0 Å². The number of likely N-dealkylation sites (tertiary alicyclic amines) is 1. The van der Waals surface area contributed by atoms with Crippen molar-refractivity contribution in [3.63, 3.8) is 0 Å². The maximum absolute atomic E-state index is 12.5. The molecule has 0 bridgehead atoms. The second kappa shape index (κ2) is 6.61. The van der Waals surface area contributed by atoms with Gasteiger partial charge in [-0.1, -0.05) is 13.8 Å². The van der Waals surface area contributed by atoms with Crippen molar-refractivity contribution in [1.82, 2.24) is 10.2 Å². The Hall–Kier alpha value is -1.26. The fourth-order valence-corrected chi connectivity index (χ4v) is 2.30. The number of methoxy groups -OCH3 is 1. The average Bonchev–Trinajstić information content (AvgIpc) is 2.35. The topological polar surface area (TPSA) is 58.6 Å². The van der Waals surface area contributed by atoms with Crippen molar-refractivity contribution >= 4 is 12.0 Å². The van der Waals surface area contributed by atoms with Crippen molar-refractivity contribution in [2.45, 2.75) is 52.1 Å². The lowest BCUT2D eigenvalue weighted by molar-refractivity contribution is -0.137. The number of hydrogen-bond donors (Lipinski definition) is 1.